The van der Waals surface area contributed by atoms with Crippen molar-refractivity contribution >= 4 is 11.6 Å². The Balaban J connectivity index is 4.42. The maximum Gasteiger partial charge on any atom is 0.234 e. The van der Waals surface area contributed by atoms with Gasteiger partial charge in [0.25, 0.3) is 0 Å². The molecule has 0 radical (unpaired) electrons. The number of nitrogens with zero attached hydrogens (tertiary/aromatic N) is 3. The predicted octanol–water partition coefficient (Wildman–Crippen LogP) is 1.33. The Morgan fingerprint density at radius 1 is 1.67 bits per heavy atom. The summed E-state index contributed by atoms with van der Waals surface area (Å²) in [4.78, 5) is 4.69. The molecule has 0 heterocycles. The van der Waals surface area contributed by atoms with Crippen molar-refractivity contribution in [3.8, 4) is 0 Å². The van der Waals surface area contributed by atoms with Crippen molar-refractivity contribution in [2.45, 2.75) is 26.3 Å². The largest absolute Gasteiger partial charge is 0.569 e. The van der Waals surface area contributed by atoms with Crippen LogP contribution in [0.4, 0.5) is 0 Å². The van der Waals surface area contributed by atoms with E-state index >= 15 is 0 Å². The molecular weight excluding hydrogens is 222 g/mol. The van der Waals surface area contributed by atoms with Gasteiger partial charge in [0, 0.05) is 0 Å². The van der Waals surface area contributed by atoms with Crippen LogP contribution >= 0.6 is 11.6 Å². The second-order valence-corrected chi connectivity index (χ2v) is 3.50. The van der Waals surface area contributed by atoms with E-state index in [0.717, 1.165) is 6.42 Å². The molecule has 1 N–H and O–H groups in total. The first kappa shape index (κ1) is 14.2. The number of aliphatic hydroxyl groups is 1. The monoisotopic (exact) mass is 239 g/mol. The maximum atomic E-state index is 11.3. The smallest absolute Gasteiger partial charge is 0.234 e. The van der Waals surface area contributed by atoms with Gasteiger partial charge in [-0.3, -0.25) is 0 Å². The molecule has 0 aliphatic carbocycles. The summed E-state index contributed by atoms with van der Waals surface area (Å²) in [6.45, 7) is 3.83. The fourth-order valence-corrected chi connectivity index (χ4v) is 1.24. The Morgan fingerprint density at radius 2 is 2.27 bits per heavy atom. The third-order valence-electron chi connectivity index (χ3n) is 2.41. The highest BCUT2D eigenvalue weighted by molar-refractivity contribution is 6.17. The van der Waals surface area contributed by atoms with E-state index in [1.54, 1.807) is 7.05 Å². The highest BCUT2D eigenvalue weighted by Crippen LogP contribution is 2.13. The van der Waals surface area contributed by atoms with E-state index in [0.29, 0.717) is 0 Å². The average molecular weight is 240 g/mol. The van der Waals surface area contributed by atoms with Gasteiger partial charge in [0.1, 0.15) is 6.04 Å². The van der Waals surface area contributed by atoms with Crippen LogP contribution in [0.1, 0.15) is 20.3 Å². The summed E-state index contributed by atoms with van der Waals surface area (Å²) in [6.07, 6.45) is 0.861. The summed E-state index contributed by atoms with van der Waals surface area (Å²) < 4.78 is 0. The van der Waals surface area contributed by atoms with Crippen molar-refractivity contribution in [3.63, 3.8) is 0 Å². The highest BCUT2D eigenvalue weighted by Gasteiger charge is 2.25. The van der Waals surface area contributed by atoms with E-state index in [1.165, 1.54) is 5.01 Å². The van der Waals surface area contributed by atoms with Crippen molar-refractivity contribution in [3.05, 3.63) is 5.21 Å². The summed E-state index contributed by atoms with van der Waals surface area (Å²) >= 11 is 5.20. The molecule has 0 aromatic rings. The van der Waals surface area contributed by atoms with Gasteiger partial charge in [-0.05, 0) is 5.92 Å². The molecule has 2 atom stereocenters. The molecule has 0 rings (SSSR count). The van der Waals surface area contributed by atoms with Gasteiger partial charge >= 0.3 is 0 Å². The number of rotatable bonds is 7. The van der Waals surface area contributed by atoms with E-state index in [1.807, 2.05) is 13.8 Å². The molecule has 0 aromatic heterocycles. The first-order chi connectivity index (χ1) is 7.08. The molecule has 0 saturated carbocycles. The van der Waals surface area contributed by atoms with Gasteiger partial charge in [-0.15, -0.1) is 5.01 Å². The van der Waals surface area contributed by atoms with Crippen LogP contribution in [0.2, 0.25) is 0 Å². The lowest BCUT2D eigenvalue weighted by Gasteiger charge is -2.26. The molecule has 0 saturated heterocycles. The van der Waals surface area contributed by atoms with E-state index in [-0.39, 0.29) is 29.6 Å². The number of halogens is 1. The van der Waals surface area contributed by atoms with E-state index < -0.39 is 0 Å². The standard InChI is InChI=1S/C8H18ClN3O3/c1-4-7(2)8(5-13)11(3)12(14)10-15-6-9/h7-8,13H,4-6H2,1-3H3/b12-10-/t7-,8-/m1/s1. The molecule has 0 aromatic carbocycles. The molecule has 7 heteroatoms. The van der Waals surface area contributed by atoms with Crippen LogP contribution in [0, 0.1) is 11.1 Å². The van der Waals surface area contributed by atoms with Crippen molar-refractivity contribution in [1.82, 2.24) is 5.01 Å². The fraction of sp³-hybridized carbons (Fsp3) is 1.00. The maximum absolute atomic E-state index is 11.3. The summed E-state index contributed by atoms with van der Waals surface area (Å²) in [5.41, 5.74) is 0. The molecule has 0 aliphatic heterocycles. The van der Waals surface area contributed by atoms with Crippen molar-refractivity contribution < 1.29 is 14.9 Å². The molecule has 90 valence electrons. The number of aliphatic hydroxyl groups excluding tert-OH is 1. The average Bonchev–Trinajstić information content (AvgIpc) is 2.26. The fourth-order valence-electron chi connectivity index (χ4n) is 1.19. The predicted molar refractivity (Wildman–Crippen MR) is 56.0 cm³/mol. The first-order valence-corrected chi connectivity index (χ1v) is 5.31. The summed E-state index contributed by atoms with van der Waals surface area (Å²) in [5.74, 6) is 0.183. The lowest BCUT2D eigenvalue weighted by molar-refractivity contribution is -0.714. The minimum Gasteiger partial charge on any atom is -0.569 e. The lowest BCUT2D eigenvalue weighted by Crippen LogP contribution is -2.43. The number of hydrazine groups is 1. The Morgan fingerprint density at radius 3 is 2.67 bits per heavy atom. The van der Waals surface area contributed by atoms with Gasteiger partial charge in [0.2, 0.25) is 5.28 Å². The van der Waals surface area contributed by atoms with Crippen molar-refractivity contribution in [2.24, 2.45) is 11.2 Å². The Bertz CT molecular complexity index is 204. The van der Waals surface area contributed by atoms with Crippen LogP contribution in [0.3, 0.4) is 0 Å². The van der Waals surface area contributed by atoms with Gasteiger partial charge in [-0.1, -0.05) is 31.9 Å². The van der Waals surface area contributed by atoms with Crippen molar-refractivity contribution in [1.29, 1.82) is 0 Å². The zero-order valence-corrected chi connectivity index (χ0v) is 10.0. The molecule has 0 unspecified atom stereocenters. The third-order valence-corrected chi connectivity index (χ3v) is 2.51. The molecule has 15 heavy (non-hydrogen) atoms. The van der Waals surface area contributed by atoms with E-state index in [4.69, 9.17) is 16.7 Å². The first-order valence-electron chi connectivity index (χ1n) is 4.78. The lowest BCUT2D eigenvalue weighted by atomic mass is 10.00. The third kappa shape index (κ3) is 4.53. The molecular formula is C8H18ClN3O3. The Labute approximate surface area is 94.6 Å². The van der Waals surface area contributed by atoms with Crippen LogP contribution in [-0.2, 0) is 4.84 Å². The summed E-state index contributed by atoms with van der Waals surface area (Å²) in [7, 11) is 1.54. The number of hydrogen-bond donors (Lipinski definition) is 1. The van der Waals surface area contributed by atoms with Gasteiger partial charge < -0.3 is 15.2 Å². The van der Waals surface area contributed by atoms with Crippen LogP contribution in [0.5, 0.6) is 0 Å². The highest BCUT2D eigenvalue weighted by atomic mass is 35.5. The molecule has 0 bridgehead atoms. The number of hydrogen-bond acceptors (Lipinski definition) is 4. The molecule has 0 fully saturated rings. The molecule has 0 amide bonds. The number of alkyl halides is 1. The van der Waals surface area contributed by atoms with Crippen LogP contribution < -0.4 is 0 Å². The van der Waals surface area contributed by atoms with E-state index in [9.17, 15) is 5.21 Å². The van der Waals surface area contributed by atoms with Crippen molar-refractivity contribution in [2.75, 3.05) is 19.7 Å². The second-order valence-electron chi connectivity index (χ2n) is 3.28. The van der Waals surface area contributed by atoms with Gasteiger partial charge in [-0.2, -0.15) is 0 Å². The second kappa shape index (κ2) is 7.53. The topological polar surface area (TPSA) is 71.1 Å². The van der Waals surface area contributed by atoms with Gasteiger partial charge in [-0.25, -0.2) is 0 Å². The molecule has 0 spiro atoms. The minimum absolute atomic E-state index is 0.110. The zero-order valence-electron chi connectivity index (χ0n) is 9.26. The molecule has 6 nitrogen and oxygen atoms in total. The number of likely N-dealkylation sites (N-methyl/N-ethyl adjacent to an activating group) is 1. The zero-order chi connectivity index (χ0) is 11.8. The van der Waals surface area contributed by atoms with E-state index in [2.05, 4.69) is 10.1 Å². The van der Waals surface area contributed by atoms with Crippen LogP contribution in [-0.4, -0.2) is 40.8 Å². The van der Waals surface area contributed by atoms with Gasteiger partial charge in [0.05, 0.1) is 18.6 Å². The van der Waals surface area contributed by atoms with Crippen LogP contribution in [0.25, 0.3) is 0 Å². The normalized spacial score (nSPS) is 15.9. The summed E-state index contributed by atoms with van der Waals surface area (Å²) in [5, 5.41) is 24.9. The Kier molecular flexibility index (Phi) is 7.15. The molecule has 0 aliphatic rings. The Hall–Kier alpha value is -0.750. The van der Waals surface area contributed by atoms with Gasteiger partial charge in [0.15, 0.2) is 6.07 Å². The van der Waals surface area contributed by atoms with Crippen LogP contribution in [0.15, 0.2) is 5.28 Å². The minimum atomic E-state index is -0.282. The quantitative estimate of drug-likeness (QED) is 0.315. The summed E-state index contributed by atoms with van der Waals surface area (Å²) in [6, 6.07) is -0.463. The SMILES string of the molecule is CC[C@@H](C)[C@@H](CO)N(C)/[N+]([O-])=N/OCCl.